The van der Waals surface area contributed by atoms with Gasteiger partial charge in [0.25, 0.3) is 5.91 Å². The van der Waals surface area contributed by atoms with Gasteiger partial charge in [-0.1, -0.05) is 6.42 Å². The fourth-order valence-corrected chi connectivity index (χ4v) is 3.10. The number of nitrogens with zero attached hydrogens (tertiary/aromatic N) is 1. The van der Waals surface area contributed by atoms with E-state index in [1.807, 2.05) is 0 Å². The number of hydrogen-bond acceptors (Lipinski definition) is 5. The minimum atomic E-state index is -3.43. The van der Waals surface area contributed by atoms with Gasteiger partial charge in [0.2, 0.25) is 10.0 Å². The number of amides is 1. The summed E-state index contributed by atoms with van der Waals surface area (Å²) in [5.41, 5.74) is -0.121. The van der Waals surface area contributed by atoms with Crippen molar-refractivity contribution in [3.8, 4) is 0 Å². The molecule has 1 aromatic heterocycles. The molecule has 0 unspecified atom stereocenters. The summed E-state index contributed by atoms with van der Waals surface area (Å²) < 4.78 is 26.1. The fraction of sp³-hybridized carbons (Fsp3) is 0.500. The third kappa shape index (κ3) is 5.29. The molecule has 0 atom stereocenters. The highest BCUT2D eigenvalue weighted by Crippen LogP contribution is 2.25. The van der Waals surface area contributed by atoms with E-state index < -0.39 is 21.9 Å². The molecule has 0 aromatic carbocycles. The number of sulfonamides is 1. The molecule has 8 nitrogen and oxygen atoms in total. The third-order valence-electron chi connectivity index (χ3n) is 3.71. The number of nitrogens with one attached hydrogen (secondary N) is 2. The van der Waals surface area contributed by atoms with Gasteiger partial charge in [0.1, 0.15) is 5.69 Å². The minimum absolute atomic E-state index is 0.0556. The van der Waals surface area contributed by atoms with Gasteiger partial charge in [-0.25, -0.2) is 17.9 Å². The molecule has 3 N–H and O–H groups in total. The molecule has 126 valence electrons. The normalized spacial score (nSPS) is 15.0. The van der Waals surface area contributed by atoms with Gasteiger partial charge in [0.05, 0.1) is 11.3 Å². The lowest BCUT2D eigenvalue weighted by Gasteiger charge is -2.25. The monoisotopic (exact) mass is 341 g/mol. The summed E-state index contributed by atoms with van der Waals surface area (Å²) in [4.78, 5) is 26.5. The highest BCUT2D eigenvalue weighted by Gasteiger charge is 2.20. The van der Waals surface area contributed by atoms with E-state index in [-0.39, 0.29) is 23.6 Å². The molecule has 1 saturated carbocycles. The summed E-state index contributed by atoms with van der Waals surface area (Å²) in [6, 6.07) is 2.41. The molecule has 1 aromatic rings. The second-order valence-electron chi connectivity index (χ2n) is 5.46. The van der Waals surface area contributed by atoms with Crippen molar-refractivity contribution < 1.29 is 23.1 Å². The maximum atomic E-state index is 11.8. The van der Waals surface area contributed by atoms with Crippen LogP contribution < -0.4 is 10.0 Å². The van der Waals surface area contributed by atoms with E-state index in [1.54, 1.807) is 0 Å². The molecule has 1 fully saturated rings. The van der Waals surface area contributed by atoms with E-state index in [0.29, 0.717) is 12.5 Å². The summed E-state index contributed by atoms with van der Waals surface area (Å²) in [7, 11) is -3.43. The van der Waals surface area contributed by atoms with Gasteiger partial charge in [-0.2, -0.15) is 0 Å². The number of carbonyl (C=O) groups excluding carboxylic acids is 1. The van der Waals surface area contributed by atoms with E-state index in [2.05, 4.69) is 15.0 Å². The molecular formula is C14H19N3O5S. The van der Waals surface area contributed by atoms with Gasteiger partial charge >= 0.3 is 5.97 Å². The number of hydrogen-bond donors (Lipinski definition) is 3. The maximum absolute atomic E-state index is 11.8. The standard InChI is InChI=1S/C14H19N3O5S/c18-13(12-8-11(14(19)20)4-5-15-12)16-6-7-23(21,22)17-9-10-2-1-3-10/h4-5,8,10,17H,1-3,6-7,9H2,(H,16,18)(H,19,20). The number of carboxylic acid groups (broad SMARTS) is 1. The van der Waals surface area contributed by atoms with Crippen molar-refractivity contribution in [2.75, 3.05) is 18.8 Å². The van der Waals surface area contributed by atoms with E-state index in [0.717, 1.165) is 25.3 Å². The van der Waals surface area contributed by atoms with E-state index >= 15 is 0 Å². The van der Waals surface area contributed by atoms with Crippen LogP contribution in [0.5, 0.6) is 0 Å². The Kier molecular flexibility index (Phi) is 5.67. The predicted molar refractivity (Wildman–Crippen MR) is 82.7 cm³/mol. The Morgan fingerprint density at radius 2 is 2.09 bits per heavy atom. The Hall–Kier alpha value is -2.00. The first-order chi connectivity index (χ1) is 10.9. The fourth-order valence-electron chi connectivity index (χ4n) is 2.09. The number of aromatic carboxylic acids is 1. The Labute approximate surface area is 134 Å². The van der Waals surface area contributed by atoms with Crippen LogP contribution in [0.15, 0.2) is 18.3 Å². The van der Waals surface area contributed by atoms with Crippen LogP contribution in [0.4, 0.5) is 0 Å². The lowest BCUT2D eigenvalue weighted by atomic mass is 9.86. The molecule has 0 spiro atoms. The molecule has 0 saturated heterocycles. The lowest BCUT2D eigenvalue weighted by molar-refractivity contribution is 0.0696. The smallest absolute Gasteiger partial charge is 0.335 e. The van der Waals surface area contributed by atoms with Gasteiger partial charge in [-0.3, -0.25) is 9.78 Å². The number of pyridine rings is 1. The Morgan fingerprint density at radius 3 is 2.70 bits per heavy atom. The SMILES string of the molecule is O=C(O)c1ccnc(C(=O)NCCS(=O)(=O)NCC2CCC2)c1. The molecule has 9 heteroatoms. The van der Waals surface area contributed by atoms with Gasteiger partial charge in [-0.05, 0) is 30.9 Å². The van der Waals surface area contributed by atoms with Crippen molar-refractivity contribution >= 4 is 21.9 Å². The molecule has 23 heavy (non-hydrogen) atoms. The summed E-state index contributed by atoms with van der Waals surface area (Å²) in [5.74, 6) is -1.58. The van der Waals surface area contributed by atoms with E-state index in [9.17, 15) is 18.0 Å². The zero-order chi connectivity index (χ0) is 16.9. The molecule has 2 rings (SSSR count). The number of rotatable bonds is 8. The highest BCUT2D eigenvalue weighted by atomic mass is 32.2. The zero-order valence-corrected chi connectivity index (χ0v) is 13.3. The Bertz CT molecular complexity index is 685. The van der Waals surface area contributed by atoms with Crippen molar-refractivity contribution in [2.45, 2.75) is 19.3 Å². The minimum Gasteiger partial charge on any atom is -0.478 e. The summed E-state index contributed by atoms with van der Waals surface area (Å²) >= 11 is 0. The largest absolute Gasteiger partial charge is 0.478 e. The second kappa shape index (κ2) is 7.51. The number of aromatic nitrogens is 1. The molecule has 0 bridgehead atoms. The first-order valence-electron chi connectivity index (χ1n) is 7.32. The van der Waals surface area contributed by atoms with Crippen molar-refractivity contribution in [1.29, 1.82) is 0 Å². The van der Waals surface area contributed by atoms with Crippen LogP contribution in [0.2, 0.25) is 0 Å². The first-order valence-corrected chi connectivity index (χ1v) is 8.97. The molecule has 1 heterocycles. The van der Waals surface area contributed by atoms with E-state index in [4.69, 9.17) is 5.11 Å². The molecule has 1 aliphatic carbocycles. The van der Waals surface area contributed by atoms with Crippen LogP contribution in [-0.4, -0.2) is 49.2 Å². The van der Waals surface area contributed by atoms with Crippen molar-refractivity contribution in [3.63, 3.8) is 0 Å². The van der Waals surface area contributed by atoms with Crippen molar-refractivity contribution in [3.05, 3.63) is 29.6 Å². The summed E-state index contributed by atoms with van der Waals surface area (Å²) in [6.07, 6.45) is 4.45. The molecule has 1 aliphatic rings. The Morgan fingerprint density at radius 1 is 1.35 bits per heavy atom. The maximum Gasteiger partial charge on any atom is 0.335 e. The van der Waals surface area contributed by atoms with Crippen LogP contribution >= 0.6 is 0 Å². The number of carboxylic acids is 1. The van der Waals surface area contributed by atoms with Crippen molar-refractivity contribution in [1.82, 2.24) is 15.0 Å². The average Bonchev–Trinajstić information content (AvgIpc) is 2.45. The quantitative estimate of drug-likeness (QED) is 0.621. The van der Waals surface area contributed by atoms with Crippen LogP contribution in [0.3, 0.4) is 0 Å². The second-order valence-corrected chi connectivity index (χ2v) is 7.38. The van der Waals surface area contributed by atoms with Gasteiger partial charge in [0, 0.05) is 19.3 Å². The predicted octanol–water partition coefficient (Wildman–Crippen LogP) is 0.229. The molecule has 0 radical (unpaired) electrons. The van der Waals surface area contributed by atoms with Gasteiger partial charge < -0.3 is 10.4 Å². The van der Waals surface area contributed by atoms with Crippen LogP contribution in [-0.2, 0) is 10.0 Å². The number of carbonyl (C=O) groups is 2. The average molecular weight is 341 g/mol. The zero-order valence-electron chi connectivity index (χ0n) is 12.5. The Balaban J connectivity index is 1.79. The topological polar surface area (TPSA) is 125 Å². The summed E-state index contributed by atoms with van der Waals surface area (Å²) in [5, 5.41) is 11.3. The van der Waals surface area contributed by atoms with Crippen LogP contribution in [0.1, 0.15) is 40.1 Å². The van der Waals surface area contributed by atoms with Crippen LogP contribution in [0, 0.1) is 5.92 Å². The third-order valence-corrected chi connectivity index (χ3v) is 5.06. The van der Waals surface area contributed by atoms with E-state index in [1.165, 1.54) is 12.3 Å². The highest BCUT2D eigenvalue weighted by molar-refractivity contribution is 7.89. The molecule has 1 amide bonds. The van der Waals surface area contributed by atoms with Gasteiger partial charge in [0.15, 0.2) is 0 Å². The molecule has 0 aliphatic heterocycles. The first kappa shape index (κ1) is 17.4. The van der Waals surface area contributed by atoms with Crippen LogP contribution in [0.25, 0.3) is 0 Å². The summed E-state index contributed by atoms with van der Waals surface area (Å²) in [6.45, 7) is 0.371. The lowest BCUT2D eigenvalue weighted by Crippen LogP contribution is -2.37. The van der Waals surface area contributed by atoms with Gasteiger partial charge in [-0.15, -0.1) is 0 Å². The van der Waals surface area contributed by atoms with Crippen molar-refractivity contribution in [2.24, 2.45) is 5.92 Å². The molecular weight excluding hydrogens is 322 g/mol.